The number of hydrogen-bond acceptors (Lipinski definition) is 7. The Labute approximate surface area is 147 Å². The smallest absolute Gasteiger partial charge is 0.320 e. The van der Waals surface area contributed by atoms with Crippen molar-refractivity contribution in [2.45, 2.75) is 62.0 Å². The standard InChI is InChI=1S/C15H20BrN5O3/c1-7-9(16)11(22)14(23-7)21-6-18-10-12(17)19-15(20-13(10)21)24-8-4-2-3-5-8/h6-9,11,14,22H,2-5H2,1H3,(H2,17,19,20)/t7-,9+,11-,14-/m1/s1. The van der Waals surface area contributed by atoms with Crippen LogP contribution in [0.4, 0.5) is 5.82 Å². The van der Waals surface area contributed by atoms with Crippen molar-refractivity contribution in [1.82, 2.24) is 19.5 Å². The van der Waals surface area contributed by atoms with Crippen molar-refractivity contribution in [1.29, 1.82) is 0 Å². The Bertz CT molecular complexity index is 748. The molecule has 2 aromatic heterocycles. The zero-order chi connectivity index (χ0) is 16.8. The zero-order valence-corrected chi connectivity index (χ0v) is 14.9. The number of anilines is 1. The predicted molar refractivity (Wildman–Crippen MR) is 90.9 cm³/mol. The van der Waals surface area contributed by atoms with Gasteiger partial charge in [0, 0.05) is 0 Å². The van der Waals surface area contributed by atoms with Crippen LogP contribution in [-0.4, -0.2) is 47.8 Å². The molecular weight excluding hydrogens is 378 g/mol. The fourth-order valence-corrected chi connectivity index (χ4v) is 3.74. The Morgan fingerprint density at radius 2 is 2.12 bits per heavy atom. The zero-order valence-electron chi connectivity index (χ0n) is 13.3. The van der Waals surface area contributed by atoms with Gasteiger partial charge in [-0.3, -0.25) is 4.57 Å². The highest BCUT2D eigenvalue weighted by molar-refractivity contribution is 9.09. The fraction of sp³-hybridized carbons (Fsp3) is 0.667. The molecule has 0 amide bonds. The van der Waals surface area contributed by atoms with Gasteiger partial charge in [-0.05, 0) is 32.6 Å². The number of nitrogen functional groups attached to an aromatic ring is 1. The van der Waals surface area contributed by atoms with Crippen LogP contribution < -0.4 is 10.5 Å². The lowest BCUT2D eigenvalue weighted by Gasteiger charge is -2.17. The first-order valence-corrected chi connectivity index (χ1v) is 9.10. The number of nitrogens with zero attached hydrogens (tertiary/aromatic N) is 4. The van der Waals surface area contributed by atoms with Crippen LogP contribution in [0.3, 0.4) is 0 Å². The topological polar surface area (TPSA) is 108 Å². The molecule has 1 aliphatic carbocycles. The third-order valence-corrected chi connectivity index (χ3v) is 5.98. The number of imidazole rings is 1. The second kappa shape index (κ2) is 6.12. The van der Waals surface area contributed by atoms with Crippen LogP contribution in [0.2, 0.25) is 0 Å². The highest BCUT2D eigenvalue weighted by Gasteiger charge is 2.41. The lowest BCUT2D eigenvalue weighted by atomic mass is 10.2. The molecule has 4 atom stereocenters. The van der Waals surface area contributed by atoms with Crippen LogP contribution in [0.15, 0.2) is 6.33 Å². The summed E-state index contributed by atoms with van der Waals surface area (Å²) in [7, 11) is 0. The van der Waals surface area contributed by atoms with Gasteiger partial charge in [-0.2, -0.15) is 9.97 Å². The number of nitrogens with two attached hydrogens (primary N) is 1. The molecule has 0 aromatic carbocycles. The third kappa shape index (κ3) is 2.64. The largest absolute Gasteiger partial charge is 0.460 e. The molecule has 1 saturated carbocycles. The van der Waals surface area contributed by atoms with Crippen molar-refractivity contribution in [3.05, 3.63) is 6.33 Å². The van der Waals surface area contributed by atoms with Gasteiger partial charge < -0.3 is 20.3 Å². The van der Waals surface area contributed by atoms with Crippen LogP contribution in [0.5, 0.6) is 6.01 Å². The van der Waals surface area contributed by atoms with E-state index in [0.717, 1.165) is 25.7 Å². The van der Waals surface area contributed by atoms with Crippen LogP contribution in [-0.2, 0) is 4.74 Å². The van der Waals surface area contributed by atoms with E-state index in [1.54, 1.807) is 10.9 Å². The van der Waals surface area contributed by atoms with Gasteiger partial charge in [0.05, 0.1) is 17.3 Å². The van der Waals surface area contributed by atoms with E-state index >= 15 is 0 Å². The van der Waals surface area contributed by atoms with Crippen molar-refractivity contribution in [3.8, 4) is 6.01 Å². The van der Waals surface area contributed by atoms with E-state index in [2.05, 4.69) is 30.9 Å². The van der Waals surface area contributed by atoms with Gasteiger partial charge in [-0.15, -0.1) is 0 Å². The molecule has 24 heavy (non-hydrogen) atoms. The summed E-state index contributed by atoms with van der Waals surface area (Å²) in [6, 6.07) is 0.254. The molecule has 9 heteroatoms. The van der Waals surface area contributed by atoms with E-state index in [1.165, 1.54) is 0 Å². The van der Waals surface area contributed by atoms with Gasteiger partial charge in [0.1, 0.15) is 12.2 Å². The summed E-state index contributed by atoms with van der Waals surface area (Å²) < 4.78 is 13.4. The summed E-state index contributed by atoms with van der Waals surface area (Å²) in [5, 5.41) is 10.4. The van der Waals surface area contributed by atoms with Crippen LogP contribution >= 0.6 is 15.9 Å². The first-order valence-electron chi connectivity index (χ1n) is 8.19. The number of ether oxygens (including phenoxy) is 2. The summed E-state index contributed by atoms with van der Waals surface area (Å²) in [6.45, 7) is 1.90. The number of aliphatic hydroxyl groups is 1. The third-order valence-electron chi connectivity index (χ3n) is 4.70. The van der Waals surface area contributed by atoms with Gasteiger partial charge in [-0.1, -0.05) is 15.9 Å². The van der Waals surface area contributed by atoms with Gasteiger partial charge in [-0.25, -0.2) is 4.98 Å². The molecule has 0 unspecified atom stereocenters. The predicted octanol–water partition coefficient (Wildman–Crippen LogP) is 1.77. The second-order valence-electron chi connectivity index (χ2n) is 6.41. The molecular formula is C15H20BrN5O3. The van der Waals surface area contributed by atoms with E-state index in [0.29, 0.717) is 11.2 Å². The minimum atomic E-state index is -0.715. The highest BCUT2D eigenvalue weighted by atomic mass is 79.9. The van der Waals surface area contributed by atoms with Crippen molar-refractivity contribution >= 4 is 32.9 Å². The summed E-state index contributed by atoms with van der Waals surface area (Å²) in [5.74, 6) is 0.266. The maximum absolute atomic E-state index is 10.4. The van der Waals surface area contributed by atoms with Crippen molar-refractivity contribution < 1.29 is 14.6 Å². The summed E-state index contributed by atoms with van der Waals surface area (Å²) in [5.41, 5.74) is 7.00. The molecule has 130 valence electrons. The number of hydrogen-bond donors (Lipinski definition) is 2. The number of aromatic nitrogens is 4. The van der Waals surface area contributed by atoms with Gasteiger partial charge in [0.25, 0.3) is 0 Å². The van der Waals surface area contributed by atoms with Crippen molar-refractivity contribution in [2.24, 2.45) is 0 Å². The Hall–Kier alpha value is -1.45. The molecule has 1 saturated heterocycles. The van der Waals surface area contributed by atoms with Crippen molar-refractivity contribution in [3.63, 3.8) is 0 Å². The summed E-state index contributed by atoms with van der Waals surface area (Å²) in [4.78, 5) is 12.8. The van der Waals surface area contributed by atoms with Crippen LogP contribution in [0.1, 0.15) is 38.8 Å². The van der Waals surface area contributed by atoms with Gasteiger partial charge >= 0.3 is 6.01 Å². The average Bonchev–Trinajstić information content (AvgIpc) is 3.25. The van der Waals surface area contributed by atoms with E-state index in [-0.39, 0.29) is 28.9 Å². The van der Waals surface area contributed by atoms with Gasteiger partial charge in [0.15, 0.2) is 23.2 Å². The average molecular weight is 398 g/mol. The summed E-state index contributed by atoms with van der Waals surface area (Å²) in [6.07, 6.45) is 4.62. The molecule has 8 nitrogen and oxygen atoms in total. The maximum atomic E-state index is 10.4. The quantitative estimate of drug-likeness (QED) is 0.759. The molecule has 0 spiro atoms. The molecule has 1 aliphatic heterocycles. The molecule has 2 aliphatic rings. The number of aliphatic hydroxyl groups excluding tert-OH is 1. The van der Waals surface area contributed by atoms with E-state index < -0.39 is 12.3 Å². The Kier molecular flexibility index (Phi) is 4.09. The number of rotatable bonds is 3. The molecule has 2 fully saturated rings. The number of alkyl halides is 1. The van der Waals surface area contributed by atoms with Crippen LogP contribution in [0.25, 0.3) is 11.2 Å². The minimum absolute atomic E-state index is 0.129. The normalized spacial score (nSPS) is 31.1. The monoisotopic (exact) mass is 397 g/mol. The lowest BCUT2D eigenvalue weighted by Crippen LogP contribution is -2.25. The van der Waals surface area contributed by atoms with E-state index in [4.69, 9.17) is 15.2 Å². The van der Waals surface area contributed by atoms with Crippen LogP contribution in [0, 0.1) is 0 Å². The number of halogens is 1. The Morgan fingerprint density at radius 1 is 1.38 bits per heavy atom. The Morgan fingerprint density at radius 3 is 2.79 bits per heavy atom. The molecule has 3 N–H and O–H groups in total. The highest BCUT2D eigenvalue weighted by Crippen LogP contribution is 2.35. The lowest BCUT2D eigenvalue weighted by molar-refractivity contribution is -0.0298. The summed E-state index contributed by atoms with van der Waals surface area (Å²) >= 11 is 3.46. The first kappa shape index (κ1) is 16.0. The Balaban J connectivity index is 1.70. The van der Waals surface area contributed by atoms with Gasteiger partial charge in [0.2, 0.25) is 0 Å². The SMILES string of the molecule is C[C@H]1O[C@@H](n2cnc3c(N)nc(OC4CCCC4)nc32)[C@H](O)[C@H]1Br. The fourth-order valence-electron chi connectivity index (χ4n) is 3.35. The van der Waals surface area contributed by atoms with E-state index in [9.17, 15) is 5.11 Å². The molecule has 0 bridgehead atoms. The van der Waals surface area contributed by atoms with Crippen molar-refractivity contribution in [2.75, 3.05) is 5.73 Å². The molecule has 3 heterocycles. The molecule has 0 radical (unpaired) electrons. The first-order chi connectivity index (χ1) is 11.5. The minimum Gasteiger partial charge on any atom is -0.460 e. The second-order valence-corrected chi connectivity index (χ2v) is 7.46. The number of fused-ring (bicyclic) bond motifs is 1. The molecule has 2 aromatic rings. The van der Waals surface area contributed by atoms with E-state index in [1.807, 2.05) is 6.92 Å². The maximum Gasteiger partial charge on any atom is 0.320 e. The molecule has 4 rings (SSSR count).